The minimum Gasteiger partial charge on any atom is -0.455 e. The molecule has 1 aliphatic heterocycles. The van der Waals surface area contributed by atoms with E-state index >= 15 is 0 Å². The van der Waals surface area contributed by atoms with Crippen molar-refractivity contribution >= 4 is 21.5 Å². The molecule has 0 unspecified atom stereocenters. The Labute approximate surface area is 194 Å². The van der Waals surface area contributed by atoms with Gasteiger partial charge in [-0.2, -0.15) is 0 Å². The number of ether oxygens (including phenoxy) is 1. The second kappa shape index (κ2) is 6.02. The van der Waals surface area contributed by atoms with E-state index in [9.17, 15) is 0 Å². The van der Waals surface area contributed by atoms with E-state index in [0.717, 1.165) is 11.5 Å². The molecule has 0 fully saturated rings. The molecule has 0 radical (unpaired) electrons. The van der Waals surface area contributed by atoms with Crippen LogP contribution in [-0.4, -0.2) is 0 Å². The van der Waals surface area contributed by atoms with Gasteiger partial charge in [0, 0.05) is 22.6 Å². The quantitative estimate of drug-likeness (QED) is 0.228. The molecule has 0 spiro atoms. The Morgan fingerprint density at radius 1 is 0.788 bits per heavy atom. The van der Waals surface area contributed by atoms with Crippen molar-refractivity contribution in [3.63, 3.8) is 0 Å². The van der Waals surface area contributed by atoms with Crippen molar-refractivity contribution in [3.05, 3.63) is 89.1 Å². The predicted octanol–water partition coefficient (Wildman–Crippen LogP) is 7.51. The van der Waals surface area contributed by atoms with Gasteiger partial charge in [-0.1, -0.05) is 62.4 Å². The minimum absolute atomic E-state index is 0.127. The molecule has 5 aromatic rings. The maximum atomic E-state index is 7.02. The van der Waals surface area contributed by atoms with E-state index in [4.69, 9.17) is 4.74 Å². The molecule has 2 aliphatic rings. The van der Waals surface area contributed by atoms with Crippen LogP contribution in [0.25, 0.3) is 43.9 Å². The van der Waals surface area contributed by atoms with Crippen molar-refractivity contribution in [2.45, 2.75) is 33.1 Å². The van der Waals surface area contributed by atoms with E-state index in [-0.39, 0.29) is 5.41 Å². The Balaban J connectivity index is 1.70. The number of aryl methyl sites for hydroxylation is 3. The summed E-state index contributed by atoms with van der Waals surface area (Å²) in [6.07, 6.45) is 2.19. The Hall–Kier alpha value is -3.65. The van der Waals surface area contributed by atoms with Crippen LogP contribution in [-0.2, 0) is 12.5 Å². The molecule has 0 atom stereocenters. The van der Waals surface area contributed by atoms with E-state index in [2.05, 4.69) is 106 Å². The molecular weight excluding hydrogens is 402 g/mol. The average Bonchev–Trinajstić information content (AvgIpc) is 3.06. The van der Waals surface area contributed by atoms with Crippen molar-refractivity contribution in [1.29, 1.82) is 0 Å². The predicted molar refractivity (Wildman–Crippen MR) is 135 cm³/mol. The van der Waals surface area contributed by atoms with Gasteiger partial charge in [-0.3, -0.25) is 0 Å². The number of rotatable bonds is 0. The molecule has 0 bridgehead atoms. The SMILES string of the molecule is Cc1c2c(c(C)c3ccccc13)-c1c3c(c4c(cc3cc[n+]1C)-c1ccccc1C4(C)C)O2. The molecule has 1 aromatic heterocycles. The highest BCUT2D eigenvalue weighted by molar-refractivity contribution is 6.09. The first-order valence-corrected chi connectivity index (χ1v) is 11.7. The zero-order chi connectivity index (χ0) is 22.6. The monoisotopic (exact) mass is 428 g/mol. The highest BCUT2D eigenvalue weighted by atomic mass is 16.5. The van der Waals surface area contributed by atoms with E-state index in [0.29, 0.717) is 0 Å². The number of benzene rings is 4. The van der Waals surface area contributed by atoms with Crippen LogP contribution in [0.1, 0.15) is 36.1 Å². The summed E-state index contributed by atoms with van der Waals surface area (Å²) in [5, 5.41) is 5.03. The molecule has 2 nitrogen and oxygen atoms in total. The Bertz CT molecular complexity index is 1690. The maximum Gasteiger partial charge on any atom is 0.228 e. The zero-order valence-corrected chi connectivity index (χ0v) is 19.7. The lowest BCUT2D eigenvalue weighted by Crippen LogP contribution is -2.32. The third-order valence-electron chi connectivity index (χ3n) is 8.01. The molecule has 2 heteroatoms. The highest BCUT2D eigenvalue weighted by Crippen LogP contribution is 2.59. The van der Waals surface area contributed by atoms with Crippen molar-refractivity contribution in [2.24, 2.45) is 7.05 Å². The summed E-state index contributed by atoms with van der Waals surface area (Å²) in [5.74, 6) is 2.03. The Morgan fingerprint density at radius 2 is 1.48 bits per heavy atom. The number of aromatic nitrogens is 1. The molecule has 0 saturated heterocycles. The molecular formula is C31H26NO+. The Kier molecular flexibility index (Phi) is 3.44. The number of hydrogen-bond donors (Lipinski definition) is 0. The van der Waals surface area contributed by atoms with Gasteiger partial charge in [0.05, 0.1) is 10.9 Å². The standard InChI is InChI=1S/C31H26NO/c1-17-20-10-6-7-11-21(20)18(2)29-25(17)28-26-19(14-15-32(28)5)16-23-22-12-8-9-13-24(22)31(3,4)27(23)30(26)33-29/h6-16H,1-5H3/q+1. The second-order valence-electron chi connectivity index (χ2n) is 10.1. The summed E-state index contributed by atoms with van der Waals surface area (Å²) in [6, 6.07) is 22.1. The fourth-order valence-corrected chi connectivity index (χ4v) is 6.40. The normalized spacial score (nSPS) is 14.7. The van der Waals surface area contributed by atoms with Gasteiger partial charge < -0.3 is 4.74 Å². The second-order valence-corrected chi connectivity index (χ2v) is 10.1. The Morgan fingerprint density at radius 3 is 2.27 bits per heavy atom. The van der Waals surface area contributed by atoms with Crippen LogP contribution in [0.2, 0.25) is 0 Å². The first-order chi connectivity index (χ1) is 15.9. The van der Waals surface area contributed by atoms with Crippen LogP contribution < -0.4 is 9.30 Å². The molecule has 0 amide bonds. The summed E-state index contributed by atoms with van der Waals surface area (Å²) >= 11 is 0. The molecule has 160 valence electrons. The van der Waals surface area contributed by atoms with Gasteiger partial charge in [0.15, 0.2) is 6.20 Å². The van der Waals surface area contributed by atoms with Gasteiger partial charge in [-0.05, 0) is 58.3 Å². The van der Waals surface area contributed by atoms with Crippen molar-refractivity contribution in [3.8, 4) is 33.9 Å². The van der Waals surface area contributed by atoms with Crippen LogP contribution in [0.15, 0.2) is 66.9 Å². The fourth-order valence-electron chi connectivity index (χ4n) is 6.40. The summed E-state index contributed by atoms with van der Waals surface area (Å²) in [4.78, 5) is 0. The van der Waals surface area contributed by atoms with Crippen molar-refractivity contribution < 1.29 is 9.30 Å². The van der Waals surface area contributed by atoms with Gasteiger partial charge in [0.2, 0.25) is 5.69 Å². The third-order valence-corrected chi connectivity index (χ3v) is 8.01. The van der Waals surface area contributed by atoms with Crippen LogP contribution in [0, 0.1) is 13.8 Å². The van der Waals surface area contributed by atoms with E-state index < -0.39 is 0 Å². The molecule has 4 aromatic carbocycles. The molecule has 2 heterocycles. The minimum atomic E-state index is -0.127. The van der Waals surface area contributed by atoms with E-state index in [1.54, 1.807) is 0 Å². The van der Waals surface area contributed by atoms with Crippen molar-refractivity contribution in [2.75, 3.05) is 0 Å². The number of nitrogens with zero attached hydrogens (tertiary/aromatic N) is 1. The molecule has 0 N–H and O–H groups in total. The molecule has 7 rings (SSSR count). The number of hydrogen-bond acceptors (Lipinski definition) is 1. The lowest BCUT2D eigenvalue weighted by atomic mass is 9.80. The number of fused-ring (bicyclic) bond motifs is 7. The van der Waals surface area contributed by atoms with E-state index in [1.807, 2.05) is 0 Å². The molecule has 33 heavy (non-hydrogen) atoms. The zero-order valence-electron chi connectivity index (χ0n) is 19.7. The largest absolute Gasteiger partial charge is 0.455 e. The van der Waals surface area contributed by atoms with Gasteiger partial charge in [0.25, 0.3) is 0 Å². The van der Waals surface area contributed by atoms with Gasteiger partial charge in [-0.25, -0.2) is 4.57 Å². The van der Waals surface area contributed by atoms with Crippen LogP contribution in [0.5, 0.6) is 11.5 Å². The maximum absolute atomic E-state index is 7.02. The third kappa shape index (κ3) is 2.17. The summed E-state index contributed by atoms with van der Waals surface area (Å²) in [6.45, 7) is 9.11. The first kappa shape index (κ1) is 18.9. The van der Waals surface area contributed by atoms with Gasteiger partial charge in [-0.15, -0.1) is 0 Å². The summed E-state index contributed by atoms with van der Waals surface area (Å²) in [5.41, 5.74) is 10.1. The van der Waals surface area contributed by atoms with Crippen LogP contribution >= 0.6 is 0 Å². The van der Waals surface area contributed by atoms with Crippen molar-refractivity contribution in [1.82, 2.24) is 0 Å². The lowest BCUT2D eigenvalue weighted by Gasteiger charge is -2.29. The van der Waals surface area contributed by atoms with Crippen LogP contribution in [0.4, 0.5) is 0 Å². The summed E-state index contributed by atoms with van der Waals surface area (Å²) in [7, 11) is 2.16. The smallest absolute Gasteiger partial charge is 0.228 e. The fraction of sp³-hybridized carbons (Fsp3) is 0.194. The number of pyridine rings is 1. The van der Waals surface area contributed by atoms with Crippen LogP contribution in [0.3, 0.4) is 0 Å². The molecule has 1 aliphatic carbocycles. The average molecular weight is 429 g/mol. The summed E-state index contributed by atoms with van der Waals surface area (Å²) < 4.78 is 9.29. The lowest BCUT2D eigenvalue weighted by molar-refractivity contribution is -0.659. The van der Waals surface area contributed by atoms with Gasteiger partial charge >= 0.3 is 0 Å². The topological polar surface area (TPSA) is 13.1 Å². The first-order valence-electron chi connectivity index (χ1n) is 11.7. The van der Waals surface area contributed by atoms with E-state index in [1.165, 1.54) is 66.2 Å². The molecule has 0 saturated carbocycles. The van der Waals surface area contributed by atoms with Gasteiger partial charge in [0.1, 0.15) is 18.5 Å². The highest BCUT2D eigenvalue weighted by Gasteiger charge is 2.42.